The summed E-state index contributed by atoms with van der Waals surface area (Å²) in [7, 11) is 1.42. The zero-order valence-electron chi connectivity index (χ0n) is 19.4. The first-order chi connectivity index (χ1) is 15.8. The van der Waals surface area contributed by atoms with Gasteiger partial charge in [-0.25, -0.2) is 4.98 Å². The Morgan fingerprint density at radius 3 is 2.48 bits per heavy atom. The Morgan fingerprint density at radius 2 is 1.85 bits per heavy atom. The van der Waals surface area contributed by atoms with Gasteiger partial charge in [0.2, 0.25) is 5.75 Å². The molecule has 0 aliphatic heterocycles. The van der Waals surface area contributed by atoms with Gasteiger partial charge in [-0.1, -0.05) is 38.1 Å². The first-order valence-electron chi connectivity index (χ1n) is 10.8. The standard InChI is InChI=1S/C24H28N4O5/c1-6-7-19(29)32-21-18(31-5)12-13-25-20(21)23(30)26-15(4)22-27-24(33-28-22)17-10-8-16(9-11-17)14(2)3/h8-15H,6-7H2,1-5H3,(H,26,30)/t15-/m0/s1. The monoisotopic (exact) mass is 452 g/mol. The average Bonchev–Trinajstić information content (AvgIpc) is 3.30. The van der Waals surface area contributed by atoms with Gasteiger partial charge in [-0.15, -0.1) is 0 Å². The van der Waals surface area contributed by atoms with Gasteiger partial charge in [0.15, 0.2) is 17.3 Å². The largest absolute Gasteiger partial charge is 0.493 e. The van der Waals surface area contributed by atoms with Crippen LogP contribution in [0.5, 0.6) is 11.5 Å². The van der Waals surface area contributed by atoms with Crippen molar-refractivity contribution in [1.29, 1.82) is 0 Å². The normalized spacial score (nSPS) is 11.8. The Morgan fingerprint density at radius 1 is 1.12 bits per heavy atom. The number of esters is 1. The highest BCUT2D eigenvalue weighted by atomic mass is 16.6. The van der Waals surface area contributed by atoms with Crippen LogP contribution in [0.15, 0.2) is 41.1 Å². The molecule has 0 saturated carbocycles. The van der Waals surface area contributed by atoms with E-state index in [2.05, 4.69) is 34.3 Å². The molecule has 3 rings (SSSR count). The lowest BCUT2D eigenvalue weighted by Crippen LogP contribution is -2.29. The maximum absolute atomic E-state index is 12.9. The maximum Gasteiger partial charge on any atom is 0.311 e. The molecule has 1 amide bonds. The Labute approximate surface area is 192 Å². The predicted octanol–water partition coefficient (Wildman–Crippen LogP) is 4.46. The van der Waals surface area contributed by atoms with Crippen molar-refractivity contribution in [3.63, 3.8) is 0 Å². The number of benzene rings is 1. The number of amides is 1. The zero-order valence-corrected chi connectivity index (χ0v) is 19.4. The van der Waals surface area contributed by atoms with Crippen molar-refractivity contribution >= 4 is 11.9 Å². The van der Waals surface area contributed by atoms with Crippen molar-refractivity contribution in [3.8, 4) is 23.0 Å². The summed E-state index contributed by atoms with van der Waals surface area (Å²) in [5.74, 6) is 0.254. The summed E-state index contributed by atoms with van der Waals surface area (Å²) >= 11 is 0. The number of carbonyl (C=O) groups excluding carboxylic acids is 2. The molecule has 2 aromatic heterocycles. The SMILES string of the molecule is CCCC(=O)Oc1c(OC)ccnc1C(=O)N[C@@H](C)c1noc(-c2ccc(C(C)C)cc2)n1. The lowest BCUT2D eigenvalue weighted by atomic mass is 10.0. The van der Waals surface area contributed by atoms with Gasteiger partial charge in [-0.05, 0) is 37.0 Å². The van der Waals surface area contributed by atoms with Gasteiger partial charge in [0.25, 0.3) is 11.8 Å². The average molecular weight is 453 g/mol. The van der Waals surface area contributed by atoms with Gasteiger partial charge in [-0.2, -0.15) is 4.98 Å². The zero-order chi connectivity index (χ0) is 24.0. The third-order valence-electron chi connectivity index (χ3n) is 4.97. The fourth-order valence-corrected chi connectivity index (χ4v) is 3.09. The van der Waals surface area contributed by atoms with Crippen LogP contribution >= 0.6 is 0 Å². The first kappa shape index (κ1) is 23.9. The Kier molecular flexibility index (Phi) is 7.76. The molecule has 0 saturated heterocycles. The van der Waals surface area contributed by atoms with Gasteiger partial charge in [-0.3, -0.25) is 9.59 Å². The number of nitrogens with one attached hydrogen (secondary N) is 1. The molecule has 2 heterocycles. The summed E-state index contributed by atoms with van der Waals surface area (Å²) in [5.41, 5.74) is 1.93. The molecule has 3 aromatic rings. The van der Waals surface area contributed by atoms with E-state index in [1.165, 1.54) is 24.9 Å². The predicted molar refractivity (Wildman–Crippen MR) is 121 cm³/mol. The number of aromatic nitrogens is 3. The first-order valence-corrected chi connectivity index (χ1v) is 10.8. The number of methoxy groups -OCH3 is 1. The van der Waals surface area contributed by atoms with Crippen LogP contribution in [0, 0.1) is 0 Å². The fraction of sp³-hybridized carbons (Fsp3) is 0.375. The van der Waals surface area contributed by atoms with Crippen LogP contribution in [0.3, 0.4) is 0 Å². The minimum atomic E-state index is -0.586. The molecule has 0 spiro atoms. The molecule has 0 unspecified atom stereocenters. The number of hydrogen-bond acceptors (Lipinski definition) is 8. The summed E-state index contributed by atoms with van der Waals surface area (Å²) in [6.07, 6.45) is 2.22. The lowest BCUT2D eigenvalue weighted by molar-refractivity contribution is -0.134. The second kappa shape index (κ2) is 10.7. The van der Waals surface area contributed by atoms with Gasteiger partial charge in [0.05, 0.1) is 13.2 Å². The summed E-state index contributed by atoms with van der Waals surface area (Å²) < 4.78 is 16.0. The third-order valence-corrected chi connectivity index (χ3v) is 4.97. The van der Waals surface area contributed by atoms with E-state index >= 15 is 0 Å². The second-order valence-corrected chi connectivity index (χ2v) is 7.84. The number of nitrogens with zero attached hydrogens (tertiary/aromatic N) is 3. The molecule has 33 heavy (non-hydrogen) atoms. The van der Waals surface area contributed by atoms with E-state index in [1.54, 1.807) is 6.92 Å². The van der Waals surface area contributed by atoms with Crippen LogP contribution in [0.1, 0.15) is 74.4 Å². The molecule has 1 N–H and O–H groups in total. The molecule has 0 aliphatic rings. The molecule has 0 radical (unpaired) electrons. The van der Waals surface area contributed by atoms with Crippen molar-refractivity contribution in [2.75, 3.05) is 7.11 Å². The van der Waals surface area contributed by atoms with Crippen molar-refractivity contribution in [1.82, 2.24) is 20.4 Å². The highest BCUT2D eigenvalue weighted by Crippen LogP contribution is 2.30. The van der Waals surface area contributed by atoms with Crippen LogP contribution in [0.25, 0.3) is 11.5 Å². The van der Waals surface area contributed by atoms with E-state index in [4.69, 9.17) is 14.0 Å². The summed E-state index contributed by atoms with van der Waals surface area (Å²) in [5, 5.41) is 6.76. The van der Waals surface area contributed by atoms with E-state index in [0.717, 1.165) is 5.56 Å². The van der Waals surface area contributed by atoms with E-state index in [-0.39, 0.29) is 23.6 Å². The van der Waals surface area contributed by atoms with Gasteiger partial charge in [0.1, 0.15) is 0 Å². The highest BCUT2D eigenvalue weighted by Gasteiger charge is 2.24. The van der Waals surface area contributed by atoms with E-state index < -0.39 is 17.9 Å². The summed E-state index contributed by atoms with van der Waals surface area (Å²) in [6.45, 7) is 7.82. The molecule has 1 atom stereocenters. The van der Waals surface area contributed by atoms with E-state index in [0.29, 0.717) is 24.1 Å². The minimum Gasteiger partial charge on any atom is -0.493 e. The van der Waals surface area contributed by atoms with Crippen molar-refractivity contribution < 1.29 is 23.6 Å². The molecule has 174 valence electrons. The van der Waals surface area contributed by atoms with Gasteiger partial charge in [0, 0.05) is 24.2 Å². The molecular formula is C24H28N4O5. The fourth-order valence-electron chi connectivity index (χ4n) is 3.09. The van der Waals surface area contributed by atoms with Crippen LogP contribution in [0.4, 0.5) is 0 Å². The van der Waals surface area contributed by atoms with Crippen LogP contribution < -0.4 is 14.8 Å². The molecule has 9 nitrogen and oxygen atoms in total. The lowest BCUT2D eigenvalue weighted by Gasteiger charge is -2.14. The maximum atomic E-state index is 12.9. The van der Waals surface area contributed by atoms with Crippen LogP contribution in [-0.2, 0) is 4.79 Å². The number of rotatable bonds is 9. The highest BCUT2D eigenvalue weighted by molar-refractivity contribution is 5.96. The molecule has 0 fully saturated rings. The van der Waals surface area contributed by atoms with Gasteiger partial charge >= 0.3 is 5.97 Å². The summed E-state index contributed by atoms with van der Waals surface area (Å²) in [6, 6.07) is 8.82. The molecule has 0 bridgehead atoms. The third kappa shape index (κ3) is 5.74. The number of pyridine rings is 1. The van der Waals surface area contributed by atoms with Gasteiger partial charge < -0.3 is 19.3 Å². The van der Waals surface area contributed by atoms with Crippen molar-refractivity contribution in [2.45, 2.75) is 52.5 Å². The molecule has 0 aliphatic carbocycles. The Balaban J connectivity index is 1.77. The smallest absolute Gasteiger partial charge is 0.311 e. The van der Waals surface area contributed by atoms with E-state index in [1.807, 2.05) is 31.2 Å². The van der Waals surface area contributed by atoms with Crippen molar-refractivity contribution in [3.05, 3.63) is 53.6 Å². The van der Waals surface area contributed by atoms with Crippen LogP contribution in [0.2, 0.25) is 0 Å². The topological polar surface area (TPSA) is 116 Å². The number of carbonyl (C=O) groups is 2. The quantitative estimate of drug-likeness (QED) is 0.473. The van der Waals surface area contributed by atoms with Crippen LogP contribution in [-0.4, -0.2) is 34.1 Å². The molecule has 9 heteroatoms. The Hall–Kier alpha value is -3.75. The number of ether oxygens (including phenoxy) is 2. The van der Waals surface area contributed by atoms with E-state index in [9.17, 15) is 9.59 Å². The Bertz CT molecular complexity index is 1110. The second-order valence-electron chi connectivity index (χ2n) is 7.84. The van der Waals surface area contributed by atoms with Crippen molar-refractivity contribution in [2.24, 2.45) is 0 Å². The molecule has 1 aromatic carbocycles. The number of hydrogen-bond donors (Lipinski definition) is 1. The minimum absolute atomic E-state index is 0.0257. The summed E-state index contributed by atoms with van der Waals surface area (Å²) in [4.78, 5) is 33.4. The molecular weight excluding hydrogens is 424 g/mol.